The van der Waals surface area contributed by atoms with Crippen molar-refractivity contribution in [2.24, 2.45) is 5.92 Å². The fourth-order valence-corrected chi connectivity index (χ4v) is 2.40. The third-order valence-corrected chi connectivity index (χ3v) is 3.53. The number of aromatic nitrogens is 3. The molecule has 1 saturated heterocycles. The van der Waals surface area contributed by atoms with E-state index in [0.29, 0.717) is 34.2 Å². The molecule has 0 atom stereocenters. The van der Waals surface area contributed by atoms with Gasteiger partial charge in [0, 0.05) is 12.1 Å². The molecule has 1 aromatic heterocycles. The molecule has 0 spiro atoms. The summed E-state index contributed by atoms with van der Waals surface area (Å²) in [5, 5.41) is 18.4. The van der Waals surface area contributed by atoms with E-state index in [9.17, 15) is 5.21 Å². The number of anilines is 1. The average Bonchev–Trinajstić information content (AvgIpc) is 2.45. The monoisotopic (exact) mass is 275 g/mol. The Morgan fingerprint density at radius 3 is 3.00 bits per heavy atom. The zero-order valence-electron chi connectivity index (χ0n) is 11.1. The van der Waals surface area contributed by atoms with Crippen LogP contribution in [0.5, 0.6) is 5.75 Å². The number of ether oxygens (including phenoxy) is 1. The summed E-state index contributed by atoms with van der Waals surface area (Å²) in [5.74, 6) is 1.24. The van der Waals surface area contributed by atoms with Crippen LogP contribution in [0.4, 0.5) is 5.95 Å². The van der Waals surface area contributed by atoms with Crippen LogP contribution >= 0.6 is 0 Å². The predicted molar refractivity (Wildman–Crippen MR) is 74.0 cm³/mol. The van der Waals surface area contributed by atoms with Gasteiger partial charge in [-0.1, -0.05) is 0 Å². The van der Waals surface area contributed by atoms with Crippen LogP contribution in [0.2, 0.25) is 0 Å². The van der Waals surface area contributed by atoms with Gasteiger partial charge in [0.25, 0.3) is 11.5 Å². The van der Waals surface area contributed by atoms with E-state index in [0.717, 1.165) is 25.9 Å². The second-order valence-electron chi connectivity index (χ2n) is 5.00. The highest BCUT2D eigenvalue weighted by molar-refractivity contribution is 5.73. The molecule has 20 heavy (non-hydrogen) atoms. The van der Waals surface area contributed by atoms with Crippen molar-refractivity contribution in [1.82, 2.24) is 15.4 Å². The number of rotatable bonds is 3. The number of benzene rings is 1. The summed E-state index contributed by atoms with van der Waals surface area (Å²) >= 11 is 0. The van der Waals surface area contributed by atoms with Crippen molar-refractivity contribution in [2.75, 3.05) is 25.4 Å². The number of hydrogen-bond donors (Lipinski definition) is 2. The predicted octanol–water partition coefficient (Wildman–Crippen LogP) is 0.224. The minimum absolute atomic E-state index is 0.0389. The van der Waals surface area contributed by atoms with Crippen LogP contribution in [0.15, 0.2) is 18.2 Å². The number of nitrogen functional groups attached to an aromatic ring is 1. The minimum Gasteiger partial charge on any atom is -0.594 e. The first kappa shape index (κ1) is 12.9. The fourth-order valence-electron chi connectivity index (χ4n) is 2.40. The molecule has 106 valence electrons. The van der Waals surface area contributed by atoms with Gasteiger partial charge in [0.05, 0.1) is 11.7 Å². The second-order valence-corrected chi connectivity index (χ2v) is 5.00. The van der Waals surface area contributed by atoms with E-state index in [1.54, 1.807) is 18.2 Å². The average molecular weight is 275 g/mol. The van der Waals surface area contributed by atoms with Crippen molar-refractivity contribution in [2.45, 2.75) is 12.8 Å². The van der Waals surface area contributed by atoms with E-state index in [2.05, 4.69) is 15.4 Å². The standard InChI is InChI=1S/C13H17N5O2/c14-13-16-11-7-10(1-2-12(11)18(19)17-13)20-8-9-3-5-15-6-4-9/h1-2,7,9,15H,3-6,8H2,(H2,14,16,17). The molecule has 0 saturated carbocycles. The molecule has 0 radical (unpaired) electrons. The van der Waals surface area contributed by atoms with Crippen molar-refractivity contribution in [1.29, 1.82) is 0 Å². The van der Waals surface area contributed by atoms with Gasteiger partial charge >= 0.3 is 0 Å². The van der Waals surface area contributed by atoms with Gasteiger partial charge in [-0.3, -0.25) is 0 Å². The number of nitrogens with two attached hydrogens (primary N) is 1. The molecule has 3 N–H and O–H groups in total. The maximum Gasteiger partial charge on any atom is 0.288 e. The zero-order valence-corrected chi connectivity index (χ0v) is 11.1. The van der Waals surface area contributed by atoms with Gasteiger partial charge in [-0.2, -0.15) is 0 Å². The van der Waals surface area contributed by atoms with E-state index in [1.807, 2.05) is 0 Å². The van der Waals surface area contributed by atoms with Crippen molar-refractivity contribution < 1.29 is 9.58 Å². The van der Waals surface area contributed by atoms with Crippen molar-refractivity contribution in [3.63, 3.8) is 0 Å². The highest BCUT2D eigenvalue weighted by atomic mass is 16.5. The Kier molecular flexibility index (Phi) is 3.51. The normalized spacial score (nSPS) is 16.4. The lowest BCUT2D eigenvalue weighted by molar-refractivity contribution is -0.641. The largest absolute Gasteiger partial charge is 0.594 e. The Bertz CT molecular complexity index is 613. The highest BCUT2D eigenvalue weighted by Gasteiger charge is 2.14. The smallest absolute Gasteiger partial charge is 0.288 e. The van der Waals surface area contributed by atoms with Crippen LogP contribution in [-0.2, 0) is 0 Å². The number of hydrogen-bond acceptors (Lipinski definition) is 6. The van der Waals surface area contributed by atoms with E-state index >= 15 is 0 Å². The Hall–Kier alpha value is -2.15. The van der Waals surface area contributed by atoms with E-state index in [-0.39, 0.29) is 5.95 Å². The van der Waals surface area contributed by atoms with Crippen molar-refractivity contribution in [3.8, 4) is 5.75 Å². The molecule has 7 nitrogen and oxygen atoms in total. The molecule has 0 amide bonds. The van der Waals surface area contributed by atoms with Gasteiger partial charge in [0.2, 0.25) is 0 Å². The molecular weight excluding hydrogens is 258 g/mol. The summed E-state index contributed by atoms with van der Waals surface area (Å²) < 4.78 is 5.79. The number of fused-ring (bicyclic) bond motifs is 1. The Labute approximate surface area is 116 Å². The van der Waals surface area contributed by atoms with E-state index < -0.39 is 0 Å². The molecule has 1 aromatic carbocycles. The van der Waals surface area contributed by atoms with Crippen LogP contribution in [0, 0.1) is 11.1 Å². The van der Waals surface area contributed by atoms with E-state index in [1.165, 1.54) is 0 Å². The minimum atomic E-state index is -0.0389. The SMILES string of the molecule is Nc1nc2cc(OCC3CCNCC3)ccc2[n+]([O-])n1. The summed E-state index contributed by atoms with van der Waals surface area (Å²) in [6, 6.07) is 5.14. The molecular formula is C13H17N5O2. The second kappa shape index (κ2) is 5.46. The van der Waals surface area contributed by atoms with Crippen LogP contribution < -0.4 is 20.6 Å². The molecule has 0 aliphatic carbocycles. The first-order valence-electron chi connectivity index (χ1n) is 6.73. The van der Waals surface area contributed by atoms with Crippen molar-refractivity contribution in [3.05, 3.63) is 23.4 Å². The summed E-state index contributed by atoms with van der Waals surface area (Å²) in [6.45, 7) is 2.78. The number of piperidine rings is 1. The van der Waals surface area contributed by atoms with Gasteiger partial charge in [-0.25, -0.2) is 4.98 Å². The van der Waals surface area contributed by atoms with Gasteiger partial charge in [-0.05, 0) is 42.8 Å². The van der Waals surface area contributed by atoms with Crippen LogP contribution in [0.1, 0.15) is 12.8 Å². The zero-order chi connectivity index (χ0) is 13.9. The quantitative estimate of drug-likeness (QED) is 0.614. The topological polar surface area (TPSA) is 100 Å². The van der Waals surface area contributed by atoms with Crippen molar-refractivity contribution >= 4 is 17.0 Å². The van der Waals surface area contributed by atoms with Crippen LogP contribution in [0.25, 0.3) is 11.0 Å². The first-order valence-corrected chi connectivity index (χ1v) is 6.73. The summed E-state index contributed by atoms with van der Waals surface area (Å²) in [7, 11) is 0. The van der Waals surface area contributed by atoms with Gasteiger partial charge in [0.15, 0.2) is 0 Å². The number of nitrogens with zero attached hydrogens (tertiary/aromatic N) is 3. The Morgan fingerprint density at radius 1 is 1.40 bits per heavy atom. The molecule has 1 aliphatic heterocycles. The number of nitrogens with one attached hydrogen (secondary N) is 1. The molecule has 2 heterocycles. The first-order chi connectivity index (χ1) is 9.72. The summed E-state index contributed by atoms with van der Waals surface area (Å²) in [5.41, 5.74) is 6.35. The van der Waals surface area contributed by atoms with Crippen LogP contribution in [-0.4, -0.2) is 29.8 Å². The third-order valence-electron chi connectivity index (χ3n) is 3.53. The highest BCUT2D eigenvalue weighted by Crippen LogP contribution is 2.19. The van der Waals surface area contributed by atoms with Crippen LogP contribution in [0.3, 0.4) is 0 Å². The molecule has 2 aromatic rings. The molecule has 0 unspecified atom stereocenters. The lowest BCUT2D eigenvalue weighted by Gasteiger charge is -2.22. The lowest BCUT2D eigenvalue weighted by atomic mass is 9.99. The lowest BCUT2D eigenvalue weighted by Crippen LogP contribution is -2.33. The summed E-state index contributed by atoms with van der Waals surface area (Å²) in [6.07, 6.45) is 2.26. The summed E-state index contributed by atoms with van der Waals surface area (Å²) in [4.78, 5) is 4.53. The Balaban J connectivity index is 1.75. The van der Waals surface area contributed by atoms with E-state index in [4.69, 9.17) is 10.5 Å². The molecule has 1 fully saturated rings. The van der Waals surface area contributed by atoms with Gasteiger partial charge < -0.3 is 21.0 Å². The molecule has 0 bridgehead atoms. The molecule has 3 rings (SSSR count). The fraction of sp³-hybridized carbons (Fsp3) is 0.462. The maximum absolute atomic E-state index is 11.6. The maximum atomic E-state index is 11.6. The third kappa shape index (κ3) is 2.72. The van der Waals surface area contributed by atoms with Gasteiger partial charge in [-0.15, -0.1) is 0 Å². The van der Waals surface area contributed by atoms with Gasteiger partial charge in [0.1, 0.15) is 11.3 Å². The molecule has 7 heteroatoms. The Morgan fingerprint density at radius 2 is 2.20 bits per heavy atom. The molecule has 1 aliphatic rings.